The van der Waals surface area contributed by atoms with Crippen molar-refractivity contribution < 1.29 is 9.59 Å². The molecular weight excluding hydrogens is 234 g/mol. The minimum atomic E-state index is -0.339. The SMILES string of the molecule is CN(C)C(=O)CN(C)C(=O)c1n[nH]c(C2CC2)n1. The lowest BCUT2D eigenvalue weighted by molar-refractivity contribution is -0.129. The Morgan fingerprint density at radius 1 is 1.33 bits per heavy atom. The first-order chi connectivity index (χ1) is 8.49. The van der Waals surface area contributed by atoms with Gasteiger partial charge in [0.25, 0.3) is 5.91 Å². The Labute approximate surface area is 105 Å². The molecule has 1 aromatic rings. The van der Waals surface area contributed by atoms with Gasteiger partial charge < -0.3 is 9.80 Å². The number of rotatable bonds is 4. The highest BCUT2D eigenvalue weighted by atomic mass is 16.2. The molecule has 0 radical (unpaired) electrons. The van der Waals surface area contributed by atoms with Crippen molar-refractivity contribution in [3.05, 3.63) is 11.6 Å². The van der Waals surface area contributed by atoms with Crippen LogP contribution in [0.3, 0.4) is 0 Å². The Hall–Kier alpha value is -1.92. The van der Waals surface area contributed by atoms with E-state index in [9.17, 15) is 9.59 Å². The number of carbonyl (C=O) groups excluding carboxylic acids is 2. The van der Waals surface area contributed by atoms with Crippen LogP contribution in [0.4, 0.5) is 0 Å². The van der Waals surface area contributed by atoms with E-state index in [0.717, 1.165) is 18.7 Å². The maximum absolute atomic E-state index is 12.0. The van der Waals surface area contributed by atoms with E-state index >= 15 is 0 Å². The molecule has 1 aliphatic carbocycles. The zero-order valence-corrected chi connectivity index (χ0v) is 10.8. The van der Waals surface area contributed by atoms with E-state index in [2.05, 4.69) is 15.2 Å². The van der Waals surface area contributed by atoms with Gasteiger partial charge in [-0.2, -0.15) is 0 Å². The van der Waals surface area contributed by atoms with Crippen molar-refractivity contribution in [2.45, 2.75) is 18.8 Å². The van der Waals surface area contributed by atoms with Gasteiger partial charge in [-0.15, -0.1) is 5.10 Å². The van der Waals surface area contributed by atoms with Gasteiger partial charge in [0.05, 0.1) is 6.54 Å². The molecule has 2 rings (SSSR count). The number of nitrogens with one attached hydrogen (secondary N) is 1. The molecule has 1 aromatic heterocycles. The molecule has 1 heterocycles. The van der Waals surface area contributed by atoms with Crippen LogP contribution in [0.25, 0.3) is 0 Å². The third kappa shape index (κ3) is 2.66. The third-order valence-electron chi connectivity index (χ3n) is 2.88. The molecule has 0 spiro atoms. The summed E-state index contributed by atoms with van der Waals surface area (Å²) in [5.41, 5.74) is 0. The van der Waals surface area contributed by atoms with Crippen molar-refractivity contribution in [1.29, 1.82) is 0 Å². The van der Waals surface area contributed by atoms with Gasteiger partial charge in [0.15, 0.2) is 0 Å². The molecule has 7 heteroatoms. The summed E-state index contributed by atoms with van der Waals surface area (Å²) >= 11 is 0. The number of carbonyl (C=O) groups is 2. The number of amides is 2. The van der Waals surface area contributed by atoms with E-state index in [1.54, 1.807) is 21.1 Å². The maximum atomic E-state index is 12.0. The van der Waals surface area contributed by atoms with Gasteiger partial charge in [0.1, 0.15) is 5.82 Å². The Balaban J connectivity index is 1.98. The van der Waals surface area contributed by atoms with Crippen LogP contribution in [0.1, 0.15) is 35.2 Å². The number of hydrogen-bond acceptors (Lipinski definition) is 4. The highest BCUT2D eigenvalue weighted by Crippen LogP contribution is 2.37. The predicted molar refractivity (Wildman–Crippen MR) is 64.0 cm³/mol. The number of aromatic amines is 1. The first-order valence-corrected chi connectivity index (χ1v) is 5.87. The van der Waals surface area contributed by atoms with Crippen molar-refractivity contribution in [2.24, 2.45) is 0 Å². The summed E-state index contributed by atoms with van der Waals surface area (Å²) in [6.07, 6.45) is 2.19. The lowest BCUT2D eigenvalue weighted by atomic mass is 10.4. The molecule has 1 aliphatic rings. The van der Waals surface area contributed by atoms with Gasteiger partial charge in [-0.3, -0.25) is 14.7 Å². The van der Waals surface area contributed by atoms with E-state index in [1.807, 2.05) is 0 Å². The van der Waals surface area contributed by atoms with Gasteiger partial charge in [-0.05, 0) is 12.8 Å². The molecule has 1 N–H and O–H groups in total. The normalized spacial score (nSPS) is 14.4. The highest BCUT2D eigenvalue weighted by molar-refractivity contribution is 5.93. The second-order valence-corrected chi connectivity index (χ2v) is 4.77. The number of hydrogen-bond donors (Lipinski definition) is 1. The molecule has 1 saturated carbocycles. The van der Waals surface area contributed by atoms with Crippen LogP contribution in [-0.4, -0.2) is 64.5 Å². The number of aromatic nitrogens is 3. The van der Waals surface area contributed by atoms with Crippen LogP contribution in [0.2, 0.25) is 0 Å². The van der Waals surface area contributed by atoms with Gasteiger partial charge in [0.2, 0.25) is 11.7 Å². The van der Waals surface area contributed by atoms with Gasteiger partial charge >= 0.3 is 0 Å². The van der Waals surface area contributed by atoms with Crippen molar-refractivity contribution >= 4 is 11.8 Å². The fourth-order valence-corrected chi connectivity index (χ4v) is 1.50. The fourth-order valence-electron chi connectivity index (χ4n) is 1.50. The van der Waals surface area contributed by atoms with Gasteiger partial charge in [0, 0.05) is 27.1 Å². The lowest BCUT2D eigenvalue weighted by Crippen LogP contribution is -2.38. The average molecular weight is 251 g/mol. The summed E-state index contributed by atoms with van der Waals surface area (Å²) in [6.45, 7) is 0.0269. The number of H-pyrrole nitrogens is 1. The van der Waals surface area contributed by atoms with Crippen molar-refractivity contribution in [1.82, 2.24) is 25.0 Å². The fraction of sp³-hybridized carbons (Fsp3) is 0.636. The summed E-state index contributed by atoms with van der Waals surface area (Å²) in [5.74, 6) is 0.849. The summed E-state index contributed by atoms with van der Waals surface area (Å²) in [5, 5.41) is 6.67. The summed E-state index contributed by atoms with van der Waals surface area (Å²) in [6, 6.07) is 0. The van der Waals surface area contributed by atoms with Crippen LogP contribution >= 0.6 is 0 Å². The van der Waals surface area contributed by atoms with E-state index in [1.165, 1.54) is 9.80 Å². The molecule has 0 aromatic carbocycles. The molecule has 7 nitrogen and oxygen atoms in total. The average Bonchev–Trinajstić information content (AvgIpc) is 3.06. The zero-order chi connectivity index (χ0) is 13.3. The van der Waals surface area contributed by atoms with Crippen LogP contribution in [0.5, 0.6) is 0 Å². The molecule has 98 valence electrons. The summed E-state index contributed by atoms with van der Waals surface area (Å²) < 4.78 is 0. The standard InChI is InChI=1S/C11H17N5O2/c1-15(2)8(17)6-16(3)11(18)10-12-9(13-14-10)7-4-5-7/h7H,4-6H2,1-3H3,(H,12,13,14). The van der Waals surface area contributed by atoms with E-state index < -0.39 is 0 Å². The molecule has 18 heavy (non-hydrogen) atoms. The minimum absolute atomic E-state index is 0.0269. The topological polar surface area (TPSA) is 82.2 Å². The van der Waals surface area contributed by atoms with Crippen LogP contribution in [-0.2, 0) is 4.79 Å². The third-order valence-corrected chi connectivity index (χ3v) is 2.88. The maximum Gasteiger partial charge on any atom is 0.293 e. The monoisotopic (exact) mass is 251 g/mol. The highest BCUT2D eigenvalue weighted by Gasteiger charge is 2.29. The predicted octanol–water partition coefficient (Wildman–Crippen LogP) is -0.158. The molecule has 0 aliphatic heterocycles. The molecular formula is C11H17N5O2. The first-order valence-electron chi connectivity index (χ1n) is 5.87. The van der Waals surface area contributed by atoms with Gasteiger partial charge in [-0.25, -0.2) is 4.98 Å². The second-order valence-electron chi connectivity index (χ2n) is 4.77. The minimum Gasteiger partial charge on any atom is -0.347 e. The van der Waals surface area contributed by atoms with Crippen LogP contribution < -0.4 is 0 Å². The first kappa shape index (κ1) is 12.5. The summed E-state index contributed by atoms with van der Waals surface area (Å²) in [7, 11) is 4.87. The van der Waals surface area contributed by atoms with Crippen molar-refractivity contribution in [3.63, 3.8) is 0 Å². The molecule has 0 saturated heterocycles. The zero-order valence-electron chi connectivity index (χ0n) is 10.8. The van der Waals surface area contributed by atoms with Gasteiger partial charge in [-0.1, -0.05) is 0 Å². The molecule has 2 amide bonds. The quantitative estimate of drug-likeness (QED) is 0.806. The molecule has 0 atom stereocenters. The van der Waals surface area contributed by atoms with Crippen molar-refractivity contribution in [2.75, 3.05) is 27.7 Å². The Bertz CT molecular complexity index is 464. The Kier molecular flexibility index (Phi) is 3.31. The van der Waals surface area contributed by atoms with Crippen LogP contribution in [0.15, 0.2) is 0 Å². The Morgan fingerprint density at radius 2 is 2.00 bits per heavy atom. The smallest absolute Gasteiger partial charge is 0.293 e. The second kappa shape index (κ2) is 4.75. The summed E-state index contributed by atoms with van der Waals surface area (Å²) in [4.78, 5) is 30.4. The van der Waals surface area contributed by atoms with E-state index in [-0.39, 0.29) is 24.2 Å². The molecule has 1 fully saturated rings. The molecule has 0 unspecified atom stereocenters. The molecule has 0 bridgehead atoms. The van der Waals surface area contributed by atoms with Crippen molar-refractivity contribution in [3.8, 4) is 0 Å². The number of likely N-dealkylation sites (N-methyl/N-ethyl adjacent to an activating group) is 2. The Morgan fingerprint density at radius 3 is 2.56 bits per heavy atom. The lowest BCUT2D eigenvalue weighted by Gasteiger charge is -2.17. The van der Waals surface area contributed by atoms with E-state index in [0.29, 0.717) is 5.92 Å². The number of nitrogens with zero attached hydrogens (tertiary/aromatic N) is 4. The largest absolute Gasteiger partial charge is 0.347 e. The van der Waals surface area contributed by atoms with E-state index in [4.69, 9.17) is 0 Å². The van der Waals surface area contributed by atoms with Crippen LogP contribution in [0, 0.1) is 0 Å².